The van der Waals surface area contributed by atoms with Crippen molar-refractivity contribution in [3.05, 3.63) is 55.6 Å². The van der Waals surface area contributed by atoms with Gasteiger partial charge in [-0.15, -0.1) is 11.3 Å². The molecule has 0 radical (unpaired) electrons. The van der Waals surface area contributed by atoms with Crippen LogP contribution in [0.1, 0.15) is 15.2 Å². The van der Waals surface area contributed by atoms with Crippen LogP contribution in [0.3, 0.4) is 0 Å². The van der Waals surface area contributed by atoms with Crippen molar-refractivity contribution in [1.29, 1.82) is 0 Å². The zero-order valence-electron chi connectivity index (χ0n) is 8.74. The van der Waals surface area contributed by atoms with Gasteiger partial charge in [-0.3, -0.25) is 4.79 Å². The summed E-state index contributed by atoms with van der Waals surface area (Å²) in [5, 5.41) is 2.85. The molecule has 0 fully saturated rings. The highest BCUT2D eigenvalue weighted by atomic mass is 79.9. The number of carbonyl (C=O) groups excluding carboxylic acids is 1. The summed E-state index contributed by atoms with van der Waals surface area (Å²) < 4.78 is 1.69. The van der Waals surface area contributed by atoms with Crippen molar-refractivity contribution in [1.82, 2.24) is 5.32 Å². The quantitative estimate of drug-likeness (QED) is 0.902. The molecule has 0 spiro atoms. The first-order chi connectivity index (χ1) is 8.15. The summed E-state index contributed by atoms with van der Waals surface area (Å²) in [6, 6.07) is 11.0. The normalized spacial score (nSPS) is 10.2. The van der Waals surface area contributed by atoms with Crippen LogP contribution in [0.4, 0.5) is 0 Å². The van der Waals surface area contributed by atoms with E-state index in [1.807, 2.05) is 24.3 Å². The van der Waals surface area contributed by atoms with E-state index in [1.165, 1.54) is 11.3 Å². The van der Waals surface area contributed by atoms with Gasteiger partial charge in [0.25, 0.3) is 5.91 Å². The number of nitrogens with one attached hydrogen (secondary N) is 1. The van der Waals surface area contributed by atoms with Crippen LogP contribution in [0.15, 0.2) is 40.9 Å². The topological polar surface area (TPSA) is 29.1 Å². The Bertz CT molecular complexity index is 524. The molecule has 2 rings (SSSR count). The summed E-state index contributed by atoms with van der Waals surface area (Å²) in [6.45, 7) is 0.506. The van der Waals surface area contributed by atoms with E-state index in [-0.39, 0.29) is 5.91 Å². The van der Waals surface area contributed by atoms with Crippen molar-refractivity contribution in [2.24, 2.45) is 0 Å². The van der Waals surface area contributed by atoms with E-state index in [1.54, 1.807) is 12.1 Å². The average molecular weight is 331 g/mol. The zero-order chi connectivity index (χ0) is 12.3. The van der Waals surface area contributed by atoms with Crippen molar-refractivity contribution in [2.45, 2.75) is 6.54 Å². The first-order valence-corrected chi connectivity index (χ1v) is 6.92. The van der Waals surface area contributed by atoms with Crippen LogP contribution in [0.2, 0.25) is 4.34 Å². The smallest absolute Gasteiger partial charge is 0.251 e. The van der Waals surface area contributed by atoms with Crippen LogP contribution >= 0.6 is 38.9 Å². The van der Waals surface area contributed by atoms with E-state index in [0.717, 1.165) is 13.7 Å². The van der Waals surface area contributed by atoms with E-state index in [9.17, 15) is 4.79 Å². The van der Waals surface area contributed by atoms with Gasteiger partial charge in [0, 0.05) is 14.9 Å². The van der Waals surface area contributed by atoms with Crippen molar-refractivity contribution in [3.8, 4) is 0 Å². The Hall–Kier alpha value is -0.840. The van der Waals surface area contributed by atoms with Gasteiger partial charge in [0.2, 0.25) is 0 Å². The lowest BCUT2D eigenvalue weighted by Crippen LogP contribution is -2.22. The second-order valence-corrected chi connectivity index (χ2v) is 6.11. The predicted octanol–water partition coefficient (Wildman–Crippen LogP) is 4.09. The number of thiophene rings is 1. The van der Waals surface area contributed by atoms with Crippen molar-refractivity contribution >= 4 is 44.8 Å². The average Bonchev–Trinajstić information content (AvgIpc) is 2.73. The van der Waals surface area contributed by atoms with Crippen LogP contribution in [-0.2, 0) is 6.54 Å². The van der Waals surface area contributed by atoms with E-state index in [0.29, 0.717) is 12.1 Å². The Labute approximate surface area is 117 Å². The van der Waals surface area contributed by atoms with E-state index in [4.69, 9.17) is 11.6 Å². The lowest BCUT2D eigenvalue weighted by molar-refractivity contribution is 0.0951. The number of halogens is 2. The molecule has 0 bridgehead atoms. The van der Waals surface area contributed by atoms with Crippen LogP contribution in [0.5, 0.6) is 0 Å². The fourth-order valence-electron chi connectivity index (χ4n) is 1.32. The molecule has 0 atom stereocenters. The summed E-state index contributed by atoms with van der Waals surface area (Å²) in [5.74, 6) is -0.0815. The lowest BCUT2D eigenvalue weighted by atomic mass is 10.2. The second-order valence-electron chi connectivity index (χ2n) is 3.40. The van der Waals surface area contributed by atoms with Gasteiger partial charge in [0.1, 0.15) is 0 Å². The molecule has 1 aromatic carbocycles. The summed E-state index contributed by atoms with van der Waals surface area (Å²) >= 11 is 10.6. The third-order valence-corrected chi connectivity index (χ3v) is 3.92. The summed E-state index contributed by atoms with van der Waals surface area (Å²) in [5.41, 5.74) is 0.649. The van der Waals surface area contributed by atoms with Gasteiger partial charge in [0.15, 0.2) is 0 Å². The number of hydrogen-bond donors (Lipinski definition) is 1. The van der Waals surface area contributed by atoms with Crippen LogP contribution in [-0.4, -0.2) is 5.91 Å². The molecule has 0 saturated heterocycles. The molecule has 0 aliphatic carbocycles. The predicted molar refractivity (Wildman–Crippen MR) is 74.6 cm³/mol. The van der Waals surface area contributed by atoms with E-state index in [2.05, 4.69) is 21.2 Å². The van der Waals surface area contributed by atoms with Crippen molar-refractivity contribution in [3.63, 3.8) is 0 Å². The highest BCUT2D eigenvalue weighted by molar-refractivity contribution is 9.10. The van der Waals surface area contributed by atoms with Crippen molar-refractivity contribution < 1.29 is 4.79 Å². The second kappa shape index (κ2) is 5.67. The van der Waals surface area contributed by atoms with E-state index >= 15 is 0 Å². The number of amides is 1. The molecule has 1 N–H and O–H groups in total. The van der Waals surface area contributed by atoms with Gasteiger partial charge < -0.3 is 5.32 Å². The van der Waals surface area contributed by atoms with Crippen LogP contribution < -0.4 is 5.32 Å². The Morgan fingerprint density at radius 3 is 2.53 bits per heavy atom. The van der Waals surface area contributed by atoms with Crippen LogP contribution in [0.25, 0.3) is 0 Å². The molecule has 1 amide bonds. The first-order valence-electron chi connectivity index (χ1n) is 4.93. The zero-order valence-corrected chi connectivity index (χ0v) is 11.9. The monoisotopic (exact) mass is 329 g/mol. The van der Waals surface area contributed by atoms with Gasteiger partial charge in [-0.1, -0.05) is 27.5 Å². The number of benzene rings is 1. The van der Waals surface area contributed by atoms with Crippen LogP contribution in [0, 0.1) is 0 Å². The SMILES string of the molecule is O=C(NCc1ccc(Cl)s1)c1ccc(Br)cc1. The molecule has 17 heavy (non-hydrogen) atoms. The highest BCUT2D eigenvalue weighted by Gasteiger charge is 2.05. The molecule has 0 unspecified atom stereocenters. The maximum absolute atomic E-state index is 11.8. The third-order valence-electron chi connectivity index (χ3n) is 2.16. The fourth-order valence-corrected chi connectivity index (χ4v) is 2.61. The van der Waals surface area contributed by atoms with Crippen molar-refractivity contribution in [2.75, 3.05) is 0 Å². The largest absolute Gasteiger partial charge is 0.347 e. The fraction of sp³-hybridized carbons (Fsp3) is 0.0833. The Morgan fingerprint density at radius 1 is 1.24 bits per heavy atom. The first kappa shape index (κ1) is 12.6. The highest BCUT2D eigenvalue weighted by Crippen LogP contribution is 2.21. The molecular formula is C12H9BrClNOS. The van der Waals surface area contributed by atoms with E-state index < -0.39 is 0 Å². The Balaban J connectivity index is 1.95. The van der Waals surface area contributed by atoms with Gasteiger partial charge in [0.05, 0.1) is 10.9 Å². The standard InChI is InChI=1S/C12H9BrClNOS/c13-9-3-1-8(2-4-9)12(16)15-7-10-5-6-11(14)17-10/h1-6H,7H2,(H,15,16). The minimum atomic E-state index is -0.0815. The minimum Gasteiger partial charge on any atom is -0.347 e. The molecule has 1 aromatic heterocycles. The number of hydrogen-bond acceptors (Lipinski definition) is 2. The molecule has 0 aliphatic rings. The number of rotatable bonds is 3. The Morgan fingerprint density at radius 2 is 1.94 bits per heavy atom. The molecule has 1 heterocycles. The molecule has 0 saturated carbocycles. The van der Waals surface area contributed by atoms with Gasteiger partial charge in [-0.2, -0.15) is 0 Å². The molecule has 5 heteroatoms. The maximum atomic E-state index is 11.8. The molecular weight excluding hydrogens is 322 g/mol. The molecule has 2 nitrogen and oxygen atoms in total. The summed E-state index contributed by atoms with van der Waals surface area (Å²) in [7, 11) is 0. The number of carbonyl (C=O) groups is 1. The Kier molecular flexibility index (Phi) is 4.20. The third kappa shape index (κ3) is 3.56. The molecule has 88 valence electrons. The molecule has 2 aromatic rings. The van der Waals surface area contributed by atoms with Gasteiger partial charge >= 0.3 is 0 Å². The maximum Gasteiger partial charge on any atom is 0.251 e. The van der Waals surface area contributed by atoms with Gasteiger partial charge in [-0.05, 0) is 36.4 Å². The summed E-state index contributed by atoms with van der Waals surface area (Å²) in [6.07, 6.45) is 0. The summed E-state index contributed by atoms with van der Waals surface area (Å²) in [4.78, 5) is 12.8. The lowest BCUT2D eigenvalue weighted by Gasteiger charge is -2.03. The molecule has 0 aliphatic heterocycles. The minimum absolute atomic E-state index is 0.0815. The van der Waals surface area contributed by atoms with Gasteiger partial charge in [-0.25, -0.2) is 0 Å².